The number of fused-ring (bicyclic) bond motifs is 1. The number of hydrogen-bond donors (Lipinski definition) is 1. The first-order valence-corrected chi connectivity index (χ1v) is 7.51. The van der Waals surface area contributed by atoms with Crippen LogP contribution in [0.5, 0.6) is 0 Å². The number of quaternary nitrogens is 1. The Morgan fingerprint density at radius 1 is 1.26 bits per heavy atom. The van der Waals surface area contributed by atoms with Crippen LogP contribution in [0.2, 0.25) is 0 Å². The van der Waals surface area contributed by atoms with Crippen molar-refractivity contribution in [2.45, 2.75) is 32.8 Å². The second-order valence-electron chi connectivity index (χ2n) is 6.33. The zero-order chi connectivity index (χ0) is 17.2. The molecule has 124 valence electrons. The molecule has 0 amide bonds. The monoisotopic (exact) mass is 319 g/mol. The molecule has 0 aliphatic heterocycles. The van der Waals surface area contributed by atoms with Gasteiger partial charge in [-0.2, -0.15) is 0 Å². The highest BCUT2D eigenvalue weighted by Crippen LogP contribution is 2.25. The van der Waals surface area contributed by atoms with Crippen molar-refractivity contribution < 1.29 is 24.8 Å². The Morgan fingerprint density at radius 3 is 2.52 bits per heavy atom. The Balaban J connectivity index is 2.54. The number of nitrogens with zero attached hydrogens (tertiary/aromatic N) is 1. The van der Waals surface area contributed by atoms with Crippen molar-refractivity contribution in [3.8, 4) is 0 Å². The SMILES string of the molecule is COC(=O)c1ccc2c(c1)c(CC[NH3+])cn2C(=O)OC(C)(C)C. The number of methoxy groups -OCH3 is 1. The van der Waals surface area contributed by atoms with Gasteiger partial charge in [-0.3, -0.25) is 4.57 Å². The molecule has 0 aliphatic carbocycles. The van der Waals surface area contributed by atoms with Gasteiger partial charge in [0.15, 0.2) is 0 Å². The standard InChI is InChI=1S/C17H22N2O4/c1-17(2,3)23-16(21)19-10-12(7-8-18)13-9-11(15(20)22-4)5-6-14(13)19/h5-6,9-10H,7-8,18H2,1-4H3/p+1. The summed E-state index contributed by atoms with van der Waals surface area (Å²) in [5, 5.41) is 0.836. The largest absolute Gasteiger partial charge is 0.465 e. The molecule has 1 heterocycles. The summed E-state index contributed by atoms with van der Waals surface area (Å²) < 4.78 is 11.7. The minimum absolute atomic E-state index is 0.405. The Labute approximate surface area is 135 Å². The summed E-state index contributed by atoms with van der Waals surface area (Å²) in [6, 6.07) is 5.12. The highest BCUT2D eigenvalue weighted by Gasteiger charge is 2.21. The number of rotatable bonds is 3. The topological polar surface area (TPSA) is 85.2 Å². The van der Waals surface area contributed by atoms with Gasteiger partial charge in [0, 0.05) is 18.0 Å². The lowest BCUT2D eigenvalue weighted by atomic mass is 10.1. The van der Waals surface area contributed by atoms with Crippen molar-refractivity contribution in [1.29, 1.82) is 0 Å². The number of carbonyl (C=O) groups is 2. The van der Waals surface area contributed by atoms with Gasteiger partial charge < -0.3 is 15.2 Å². The number of benzene rings is 1. The van der Waals surface area contributed by atoms with E-state index in [0.717, 1.165) is 10.9 Å². The predicted octanol–water partition coefficient (Wildman–Crippen LogP) is 2.00. The van der Waals surface area contributed by atoms with Crippen LogP contribution >= 0.6 is 0 Å². The maximum absolute atomic E-state index is 12.4. The van der Waals surface area contributed by atoms with Gasteiger partial charge in [0.1, 0.15) is 5.60 Å². The second kappa shape index (κ2) is 6.42. The fraction of sp³-hybridized carbons (Fsp3) is 0.412. The van der Waals surface area contributed by atoms with Crippen LogP contribution in [0.1, 0.15) is 36.7 Å². The van der Waals surface area contributed by atoms with E-state index >= 15 is 0 Å². The van der Waals surface area contributed by atoms with E-state index in [1.165, 1.54) is 11.7 Å². The zero-order valence-electron chi connectivity index (χ0n) is 14.0. The number of hydrogen-bond acceptors (Lipinski definition) is 4. The van der Waals surface area contributed by atoms with Gasteiger partial charge in [0.05, 0.1) is 24.7 Å². The summed E-state index contributed by atoms with van der Waals surface area (Å²) >= 11 is 0. The van der Waals surface area contributed by atoms with E-state index in [0.29, 0.717) is 24.0 Å². The molecule has 0 saturated heterocycles. The lowest BCUT2D eigenvalue weighted by Gasteiger charge is -2.19. The molecule has 0 radical (unpaired) electrons. The molecule has 6 nitrogen and oxygen atoms in total. The molecule has 1 aromatic carbocycles. The molecular formula is C17H23N2O4+. The Bertz CT molecular complexity index is 741. The smallest absolute Gasteiger partial charge is 0.419 e. The van der Waals surface area contributed by atoms with Gasteiger partial charge in [-0.25, -0.2) is 9.59 Å². The van der Waals surface area contributed by atoms with Crippen molar-refractivity contribution in [2.24, 2.45) is 0 Å². The van der Waals surface area contributed by atoms with Crippen LogP contribution in [0.15, 0.2) is 24.4 Å². The maximum atomic E-state index is 12.4. The second-order valence-corrected chi connectivity index (χ2v) is 6.33. The summed E-state index contributed by atoms with van der Waals surface area (Å²) in [5.74, 6) is -0.405. The van der Waals surface area contributed by atoms with E-state index < -0.39 is 17.7 Å². The molecule has 0 unspecified atom stereocenters. The average Bonchev–Trinajstić information content (AvgIpc) is 2.83. The van der Waals surface area contributed by atoms with Gasteiger partial charge in [-0.15, -0.1) is 0 Å². The highest BCUT2D eigenvalue weighted by atomic mass is 16.6. The van der Waals surface area contributed by atoms with E-state index in [2.05, 4.69) is 5.73 Å². The van der Waals surface area contributed by atoms with Crippen LogP contribution in [0.25, 0.3) is 10.9 Å². The molecule has 0 atom stereocenters. The van der Waals surface area contributed by atoms with Crippen LogP contribution in [0.4, 0.5) is 4.79 Å². The van der Waals surface area contributed by atoms with Crippen LogP contribution < -0.4 is 5.73 Å². The highest BCUT2D eigenvalue weighted by molar-refractivity contribution is 5.98. The summed E-state index contributed by atoms with van der Waals surface area (Å²) in [4.78, 5) is 24.1. The molecule has 2 rings (SSSR count). The molecule has 6 heteroatoms. The van der Waals surface area contributed by atoms with Gasteiger partial charge in [0.2, 0.25) is 0 Å². The molecule has 0 aliphatic rings. The van der Waals surface area contributed by atoms with Crippen LogP contribution in [-0.2, 0) is 15.9 Å². The fourth-order valence-electron chi connectivity index (χ4n) is 2.39. The van der Waals surface area contributed by atoms with E-state index in [4.69, 9.17) is 9.47 Å². The molecule has 0 saturated carbocycles. The summed E-state index contributed by atoms with van der Waals surface area (Å²) in [5.41, 5.74) is 5.39. The Kier molecular flexibility index (Phi) is 4.75. The van der Waals surface area contributed by atoms with Crippen molar-refractivity contribution >= 4 is 23.0 Å². The Hall–Kier alpha value is -2.34. The van der Waals surface area contributed by atoms with Crippen LogP contribution in [-0.4, -0.2) is 35.9 Å². The molecule has 0 bridgehead atoms. The number of esters is 1. The van der Waals surface area contributed by atoms with E-state index in [9.17, 15) is 9.59 Å². The summed E-state index contributed by atoms with van der Waals surface area (Å²) in [6.45, 7) is 6.16. The molecule has 0 fully saturated rings. The van der Waals surface area contributed by atoms with Crippen LogP contribution in [0, 0.1) is 0 Å². The lowest BCUT2D eigenvalue weighted by Crippen LogP contribution is -2.51. The third-order valence-corrected chi connectivity index (χ3v) is 3.34. The van der Waals surface area contributed by atoms with Crippen molar-refractivity contribution in [2.75, 3.05) is 13.7 Å². The van der Waals surface area contributed by atoms with E-state index in [-0.39, 0.29) is 0 Å². The molecule has 2 aromatic rings. The lowest BCUT2D eigenvalue weighted by molar-refractivity contribution is -0.366. The third-order valence-electron chi connectivity index (χ3n) is 3.34. The van der Waals surface area contributed by atoms with Gasteiger partial charge in [0.25, 0.3) is 0 Å². The van der Waals surface area contributed by atoms with Crippen molar-refractivity contribution in [3.63, 3.8) is 0 Å². The Morgan fingerprint density at radius 2 is 1.96 bits per heavy atom. The fourth-order valence-corrected chi connectivity index (χ4v) is 2.39. The normalized spacial score (nSPS) is 11.5. The molecule has 0 spiro atoms. The van der Waals surface area contributed by atoms with Gasteiger partial charge >= 0.3 is 12.1 Å². The first kappa shape index (κ1) is 17.0. The predicted molar refractivity (Wildman–Crippen MR) is 86.4 cm³/mol. The third kappa shape index (κ3) is 3.71. The summed E-state index contributed by atoms with van der Waals surface area (Å²) in [7, 11) is 1.34. The number of ether oxygens (including phenoxy) is 2. The van der Waals surface area contributed by atoms with Crippen molar-refractivity contribution in [3.05, 3.63) is 35.5 Å². The number of aromatic nitrogens is 1. The minimum Gasteiger partial charge on any atom is -0.465 e. The summed E-state index contributed by atoms with van der Waals surface area (Å²) in [6.07, 6.45) is 2.02. The van der Waals surface area contributed by atoms with E-state index in [1.807, 2.05) is 20.8 Å². The molecule has 3 N–H and O–H groups in total. The van der Waals surface area contributed by atoms with Gasteiger partial charge in [-0.05, 0) is 44.5 Å². The molecule has 23 heavy (non-hydrogen) atoms. The minimum atomic E-state index is -0.577. The first-order chi connectivity index (χ1) is 10.8. The zero-order valence-corrected chi connectivity index (χ0v) is 14.0. The molecular weight excluding hydrogens is 296 g/mol. The quantitative estimate of drug-likeness (QED) is 0.877. The molecule has 1 aromatic heterocycles. The first-order valence-electron chi connectivity index (χ1n) is 7.51. The van der Waals surface area contributed by atoms with E-state index in [1.54, 1.807) is 24.4 Å². The van der Waals surface area contributed by atoms with Crippen molar-refractivity contribution in [1.82, 2.24) is 4.57 Å². The van der Waals surface area contributed by atoms with Gasteiger partial charge in [-0.1, -0.05) is 0 Å². The number of carbonyl (C=O) groups excluding carboxylic acids is 2. The maximum Gasteiger partial charge on any atom is 0.419 e. The average molecular weight is 319 g/mol. The van der Waals surface area contributed by atoms with Crippen LogP contribution in [0.3, 0.4) is 0 Å².